The number of Topliss-reactive ketones (excluding diaryl/α,β-unsaturated/α-hetero) is 1. The fourth-order valence-corrected chi connectivity index (χ4v) is 4.96. The SMILES string of the molecule is CS1(CC(=O)c2ccc3ccccc3c2)CCOCC1. The summed E-state index contributed by atoms with van der Waals surface area (Å²) in [4.78, 5) is 12.5. The molecule has 2 aromatic carbocycles. The predicted octanol–water partition coefficient (Wildman–Crippen LogP) is 3.49. The molecule has 0 aromatic heterocycles. The molecule has 106 valence electrons. The minimum atomic E-state index is -0.815. The molecule has 0 amide bonds. The van der Waals surface area contributed by atoms with Crippen LogP contribution in [-0.4, -0.2) is 42.5 Å². The molecule has 0 bridgehead atoms. The number of ketones is 1. The monoisotopic (exact) mass is 288 g/mol. The van der Waals surface area contributed by atoms with Crippen molar-refractivity contribution in [2.45, 2.75) is 0 Å². The highest BCUT2D eigenvalue weighted by Gasteiger charge is 2.25. The third-order valence-electron chi connectivity index (χ3n) is 3.99. The second kappa shape index (κ2) is 5.58. The number of fused-ring (bicyclic) bond motifs is 1. The highest BCUT2D eigenvalue weighted by Crippen LogP contribution is 2.45. The van der Waals surface area contributed by atoms with Crippen LogP contribution in [0, 0.1) is 0 Å². The van der Waals surface area contributed by atoms with Crippen LogP contribution in [0.4, 0.5) is 0 Å². The van der Waals surface area contributed by atoms with Gasteiger partial charge in [0.15, 0.2) is 5.78 Å². The van der Waals surface area contributed by atoms with Crippen molar-refractivity contribution in [2.24, 2.45) is 0 Å². The molecule has 20 heavy (non-hydrogen) atoms. The molecule has 2 nitrogen and oxygen atoms in total. The Kier molecular flexibility index (Phi) is 3.81. The standard InChI is InChI=1S/C17H20O2S/c1-20(10-8-19-9-11-20)13-17(18)16-7-6-14-4-2-3-5-15(14)12-16/h2-7,12H,8-11,13H2,1H3. The number of hydrogen-bond acceptors (Lipinski definition) is 2. The van der Waals surface area contributed by atoms with E-state index in [-0.39, 0.29) is 5.78 Å². The molecule has 0 N–H and O–H groups in total. The maximum Gasteiger partial charge on any atom is 0.171 e. The summed E-state index contributed by atoms with van der Waals surface area (Å²) in [5.74, 6) is 3.11. The van der Waals surface area contributed by atoms with Crippen molar-refractivity contribution in [3.05, 3.63) is 48.0 Å². The lowest BCUT2D eigenvalue weighted by atomic mass is 10.1. The number of benzene rings is 2. The van der Waals surface area contributed by atoms with Gasteiger partial charge in [0.2, 0.25) is 0 Å². The van der Waals surface area contributed by atoms with Gasteiger partial charge in [-0.1, -0.05) is 36.4 Å². The number of rotatable bonds is 3. The Morgan fingerprint density at radius 2 is 1.80 bits per heavy atom. The van der Waals surface area contributed by atoms with Crippen molar-refractivity contribution in [1.29, 1.82) is 0 Å². The largest absolute Gasteiger partial charge is 0.380 e. The number of hydrogen-bond donors (Lipinski definition) is 0. The molecule has 0 unspecified atom stereocenters. The molecule has 0 saturated carbocycles. The Labute approximate surface area is 121 Å². The Hall–Kier alpha value is -1.32. The average molecular weight is 288 g/mol. The molecule has 2 aromatic rings. The first-order chi connectivity index (χ1) is 9.66. The van der Waals surface area contributed by atoms with Crippen LogP contribution >= 0.6 is 10.0 Å². The van der Waals surface area contributed by atoms with Crippen molar-refractivity contribution in [3.8, 4) is 0 Å². The predicted molar refractivity (Wildman–Crippen MR) is 87.2 cm³/mol. The Morgan fingerprint density at radius 3 is 2.55 bits per heavy atom. The van der Waals surface area contributed by atoms with Crippen molar-refractivity contribution in [2.75, 3.05) is 36.7 Å². The second-order valence-electron chi connectivity index (χ2n) is 5.63. The molecule has 0 atom stereocenters. The molecule has 0 radical (unpaired) electrons. The van der Waals surface area contributed by atoms with E-state index in [1.165, 1.54) is 5.39 Å². The van der Waals surface area contributed by atoms with E-state index in [2.05, 4.69) is 18.4 Å². The van der Waals surface area contributed by atoms with Gasteiger partial charge in [-0.05, 0) is 23.1 Å². The summed E-state index contributed by atoms with van der Waals surface area (Å²) in [6.45, 7) is 1.63. The van der Waals surface area contributed by atoms with E-state index in [1.807, 2.05) is 30.3 Å². The van der Waals surface area contributed by atoms with E-state index < -0.39 is 10.0 Å². The summed E-state index contributed by atoms with van der Waals surface area (Å²) < 4.78 is 5.42. The topological polar surface area (TPSA) is 26.3 Å². The van der Waals surface area contributed by atoms with Gasteiger partial charge >= 0.3 is 0 Å². The lowest BCUT2D eigenvalue weighted by molar-refractivity contribution is 0.102. The van der Waals surface area contributed by atoms with Gasteiger partial charge in [0, 0.05) is 22.8 Å². The van der Waals surface area contributed by atoms with Crippen LogP contribution in [0.1, 0.15) is 10.4 Å². The van der Waals surface area contributed by atoms with E-state index in [4.69, 9.17) is 4.74 Å². The maximum atomic E-state index is 12.5. The quantitative estimate of drug-likeness (QED) is 0.808. The van der Waals surface area contributed by atoms with Crippen LogP contribution in [0.2, 0.25) is 0 Å². The summed E-state index contributed by atoms with van der Waals surface area (Å²) >= 11 is 0. The summed E-state index contributed by atoms with van der Waals surface area (Å²) in [5.41, 5.74) is 0.851. The van der Waals surface area contributed by atoms with E-state index in [1.54, 1.807) is 0 Å². The van der Waals surface area contributed by atoms with E-state index in [0.29, 0.717) is 5.75 Å². The maximum absolute atomic E-state index is 12.5. The zero-order chi connectivity index (χ0) is 14.0. The molecule has 0 spiro atoms. The van der Waals surface area contributed by atoms with Gasteiger partial charge in [0.1, 0.15) is 0 Å². The molecule has 1 aliphatic rings. The molecule has 0 aliphatic carbocycles. The molecular weight excluding hydrogens is 268 g/mol. The van der Waals surface area contributed by atoms with Crippen LogP contribution in [0.15, 0.2) is 42.5 Å². The van der Waals surface area contributed by atoms with Gasteiger partial charge in [-0.25, -0.2) is 10.0 Å². The molecule has 1 saturated heterocycles. The van der Waals surface area contributed by atoms with Gasteiger partial charge in [0.05, 0.1) is 13.2 Å². The number of carbonyl (C=O) groups is 1. The molecular formula is C17H20O2S. The number of ether oxygens (including phenoxy) is 1. The zero-order valence-corrected chi connectivity index (χ0v) is 12.6. The zero-order valence-electron chi connectivity index (χ0n) is 11.8. The van der Waals surface area contributed by atoms with Crippen LogP contribution in [-0.2, 0) is 4.74 Å². The normalized spacial score (nSPS) is 19.6. The Morgan fingerprint density at radius 1 is 1.10 bits per heavy atom. The smallest absolute Gasteiger partial charge is 0.171 e. The van der Waals surface area contributed by atoms with Crippen molar-refractivity contribution >= 4 is 26.6 Å². The fourth-order valence-electron chi connectivity index (χ4n) is 2.63. The Balaban J connectivity index is 1.81. The van der Waals surface area contributed by atoms with Crippen LogP contribution < -0.4 is 0 Å². The minimum Gasteiger partial charge on any atom is -0.380 e. The molecule has 1 aliphatic heterocycles. The first-order valence-electron chi connectivity index (χ1n) is 6.97. The number of carbonyl (C=O) groups excluding carboxylic acids is 1. The van der Waals surface area contributed by atoms with E-state index in [9.17, 15) is 4.79 Å². The lowest BCUT2D eigenvalue weighted by Crippen LogP contribution is -2.27. The van der Waals surface area contributed by atoms with Gasteiger partial charge < -0.3 is 4.74 Å². The highest BCUT2D eigenvalue weighted by atomic mass is 32.3. The molecule has 1 fully saturated rings. The van der Waals surface area contributed by atoms with Crippen molar-refractivity contribution in [1.82, 2.24) is 0 Å². The van der Waals surface area contributed by atoms with Gasteiger partial charge in [-0.2, -0.15) is 0 Å². The second-order valence-corrected chi connectivity index (χ2v) is 9.69. The summed E-state index contributed by atoms with van der Waals surface area (Å²) in [6.07, 6.45) is 2.29. The third-order valence-corrected chi connectivity index (χ3v) is 7.26. The first-order valence-corrected chi connectivity index (χ1v) is 9.52. The summed E-state index contributed by atoms with van der Waals surface area (Å²) in [5, 5.41) is 2.33. The van der Waals surface area contributed by atoms with Gasteiger partial charge in [0.25, 0.3) is 0 Å². The fraction of sp³-hybridized carbons (Fsp3) is 0.353. The molecule has 3 heteroatoms. The molecule has 3 rings (SSSR count). The summed E-state index contributed by atoms with van der Waals surface area (Å²) in [7, 11) is -0.815. The van der Waals surface area contributed by atoms with Crippen molar-refractivity contribution in [3.63, 3.8) is 0 Å². The van der Waals surface area contributed by atoms with Gasteiger partial charge in [-0.15, -0.1) is 0 Å². The Bertz CT molecular complexity index is 630. The van der Waals surface area contributed by atoms with Crippen LogP contribution in [0.3, 0.4) is 0 Å². The summed E-state index contributed by atoms with van der Waals surface area (Å²) in [6, 6.07) is 14.2. The highest BCUT2D eigenvalue weighted by molar-refractivity contribution is 8.33. The van der Waals surface area contributed by atoms with Crippen molar-refractivity contribution < 1.29 is 9.53 Å². The van der Waals surface area contributed by atoms with Gasteiger partial charge in [-0.3, -0.25) is 4.79 Å². The average Bonchev–Trinajstić information content (AvgIpc) is 2.47. The molecule has 1 heterocycles. The van der Waals surface area contributed by atoms with Crippen LogP contribution in [0.25, 0.3) is 10.8 Å². The first kappa shape index (κ1) is 13.7. The van der Waals surface area contributed by atoms with Crippen LogP contribution in [0.5, 0.6) is 0 Å². The lowest BCUT2D eigenvalue weighted by Gasteiger charge is -2.38. The third kappa shape index (κ3) is 2.89. The van der Waals surface area contributed by atoms with E-state index >= 15 is 0 Å². The van der Waals surface area contributed by atoms with E-state index in [0.717, 1.165) is 35.7 Å². The minimum absolute atomic E-state index is 0.287.